The number of carbonyl (C=O) groups is 1. The van der Waals surface area contributed by atoms with E-state index in [1.165, 1.54) is 0 Å². The van der Waals surface area contributed by atoms with E-state index in [1.807, 2.05) is 36.6 Å². The predicted molar refractivity (Wildman–Crippen MR) is 88.2 cm³/mol. The van der Waals surface area contributed by atoms with Crippen LogP contribution in [-0.4, -0.2) is 30.8 Å². The van der Waals surface area contributed by atoms with Crippen molar-refractivity contribution >= 4 is 23.1 Å². The Labute approximate surface area is 133 Å². The van der Waals surface area contributed by atoms with Crippen LogP contribution in [0.15, 0.2) is 29.6 Å². The molecule has 1 fully saturated rings. The lowest BCUT2D eigenvalue weighted by Crippen LogP contribution is -2.33. The van der Waals surface area contributed by atoms with E-state index in [4.69, 9.17) is 4.74 Å². The number of aromatic nitrogens is 1. The number of hydrogen-bond donors (Lipinski definition) is 2. The first-order chi connectivity index (χ1) is 10.7. The summed E-state index contributed by atoms with van der Waals surface area (Å²) in [4.78, 5) is 16.4. The zero-order valence-electron chi connectivity index (χ0n) is 12.5. The number of aryl methyl sites for hydroxylation is 1. The van der Waals surface area contributed by atoms with Crippen LogP contribution in [0.5, 0.6) is 0 Å². The van der Waals surface area contributed by atoms with Crippen LogP contribution in [0.4, 0.5) is 10.5 Å². The van der Waals surface area contributed by atoms with E-state index in [9.17, 15) is 4.79 Å². The van der Waals surface area contributed by atoms with Crippen LogP contribution in [0.2, 0.25) is 0 Å². The van der Waals surface area contributed by atoms with Crippen molar-refractivity contribution in [1.82, 2.24) is 10.3 Å². The molecule has 6 heteroatoms. The number of anilines is 1. The average Bonchev–Trinajstić information content (AvgIpc) is 3.17. The number of benzene rings is 1. The Morgan fingerprint density at radius 2 is 2.41 bits per heavy atom. The molecular weight excluding hydrogens is 298 g/mol. The molecule has 1 aliphatic rings. The van der Waals surface area contributed by atoms with Crippen LogP contribution in [0.1, 0.15) is 12.1 Å². The Bertz CT molecular complexity index is 650. The van der Waals surface area contributed by atoms with Gasteiger partial charge in [-0.1, -0.05) is 12.1 Å². The SMILES string of the molecule is Cc1csc(-c2cccc(NC(=O)NCC3CCOC3)c2)n1. The number of rotatable bonds is 4. The molecule has 1 atom stereocenters. The normalized spacial score (nSPS) is 17.4. The molecule has 5 nitrogen and oxygen atoms in total. The number of nitrogens with one attached hydrogen (secondary N) is 2. The van der Waals surface area contributed by atoms with Crippen molar-refractivity contribution in [3.63, 3.8) is 0 Å². The van der Waals surface area contributed by atoms with Crippen LogP contribution < -0.4 is 10.6 Å². The third-order valence-corrected chi connectivity index (χ3v) is 4.57. The number of thiazole rings is 1. The lowest BCUT2D eigenvalue weighted by atomic mass is 10.1. The maximum atomic E-state index is 11.9. The van der Waals surface area contributed by atoms with E-state index in [0.717, 1.165) is 41.6 Å². The van der Waals surface area contributed by atoms with E-state index in [0.29, 0.717) is 12.5 Å². The van der Waals surface area contributed by atoms with Crippen molar-refractivity contribution < 1.29 is 9.53 Å². The van der Waals surface area contributed by atoms with Gasteiger partial charge in [0.25, 0.3) is 0 Å². The topological polar surface area (TPSA) is 63.2 Å². The molecule has 0 radical (unpaired) electrons. The molecule has 2 aromatic rings. The standard InChI is InChI=1S/C16H19N3O2S/c1-11-10-22-15(18-11)13-3-2-4-14(7-13)19-16(20)17-8-12-5-6-21-9-12/h2-4,7,10,12H,5-6,8-9H2,1H3,(H2,17,19,20). The van der Waals surface area contributed by atoms with Crippen LogP contribution >= 0.6 is 11.3 Å². The molecule has 0 saturated carbocycles. The Morgan fingerprint density at radius 3 is 3.14 bits per heavy atom. The number of urea groups is 1. The maximum Gasteiger partial charge on any atom is 0.319 e. The summed E-state index contributed by atoms with van der Waals surface area (Å²) in [6, 6.07) is 7.56. The predicted octanol–water partition coefficient (Wildman–Crippen LogP) is 3.28. The molecule has 0 bridgehead atoms. The van der Waals surface area contributed by atoms with Crippen LogP contribution in [0.3, 0.4) is 0 Å². The Kier molecular flexibility index (Phi) is 4.70. The van der Waals surface area contributed by atoms with Crippen molar-refractivity contribution in [2.24, 2.45) is 5.92 Å². The van der Waals surface area contributed by atoms with Gasteiger partial charge >= 0.3 is 6.03 Å². The fraction of sp³-hybridized carbons (Fsp3) is 0.375. The summed E-state index contributed by atoms with van der Waals surface area (Å²) in [6.07, 6.45) is 1.01. The molecule has 1 aromatic heterocycles. The Morgan fingerprint density at radius 1 is 1.50 bits per heavy atom. The van der Waals surface area contributed by atoms with E-state index in [2.05, 4.69) is 15.6 Å². The van der Waals surface area contributed by atoms with E-state index in [1.54, 1.807) is 11.3 Å². The highest BCUT2D eigenvalue weighted by Gasteiger charge is 2.16. The van der Waals surface area contributed by atoms with Gasteiger partial charge in [-0.15, -0.1) is 11.3 Å². The summed E-state index contributed by atoms with van der Waals surface area (Å²) in [7, 11) is 0. The quantitative estimate of drug-likeness (QED) is 0.909. The Hall–Kier alpha value is -1.92. The second kappa shape index (κ2) is 6.89. The minimum Gasteiger partial charge on any atom is -0.381 e. The summed E-state index contributed by atoms with van der Waals surface area (Å²) in [5, 5.41) is 8.74. The van der Waals surface area contributed by atoms with E-state index >= 15 is 0 Å². The zero-order valence-corrected chi connectivity index (χ0v) is 13.3. The first kappa shape index (κ1) is 15.0. The molecule has 22 heavy (non-hydrogen) atoms. The molecule has 2 amide bonds. The summed E-state index contributed by atoms with van der Waals surface area (Å²) in [6.45, 7) is 4.15. The lowest BCUT2D eigenvalue weighted by molar-refractivity contribution is 0.185. The number of carbonyl (C=O) groups excluding carboxylic acids is 1. The largest absolute Gasteiger partial charge is 0.381 e. The van der Waals surface area contributed by atoms with Gasteiger partial charge in [0.05, 0.1) is 6.61 Å². The highest BCUT2D eigenvalue weighted by Crippen LogP contribution is 2.25. The van der Waals surface area contributed by atoms with Gasteiger partial charge in [0.2, 0.25) is 0 Å². The summed E-state index contributed by atoms with van der Waals surface area (Å²) in [5.74, 6) is 0.426. The second-order valence-electron chi connectivity index (χ2n) is 5.44. The minimum atomic E-state index is -0.181. The molecule has 1 saturated heterocycles. The third-order valence-electron chi connectivity index (χ3n) is 3.56. The van der Waals surface area contributed by atoms with Gasteiger partial charge in [0, 0.05) is 41.4 Å². The van der Waals surface area contributed by atoms with Crippen molar-refractivity contribution in [2.45, 2.75) is 13.3 Å². The number of hydrogen-bond acceptors (Lipinski definition) is 4. The highest BCUT2D eigenvalue weighted by atomic mass is 32.1. The van der Waals surface area contributed by atoms with Crippen LogP contribution in [-0.2, 0) is 4.74 Å². The van der Waals surface area contributed by atoms with Crippen LogP contribution in [0.25, 0.3) is 10.6 Å². The summed E-state index contributed by atoms with van der Waals surface area (Å²) in [5.41, 5.74) is 2.79. The smallest absolute Gasteiger partial charge is 0.319 e. The average molecular weight is 317 g/mol. The second-order valence-corrected chi connectivity index (χ2v) is 6.30. The molecule has 1 unspecified atom stereocenters. The number of ether oxygens (including phenoxy) is 1. The fourth-order valence-corrected chi connectivity index (χ4v) is 3.17. The number of nitrogens with zero attached hydrogens (tertiary/aromatic N) is 1. The lowest BCUT2D eigenvalue weighted by Gasteiger charge is -2.11. The monoisotopic (exact) mass is 317 g/mol. The molecule has 1 aliphatic heterocycles. The van der Waals surface area contributed by atoms with E-state index in [-0.39, 0.29) is 6.03 Å². The molecule has 3 rings (SSSR count). The molecule has 2 N–H and O–H groups in total. The van der Waals surface area contributed by atoms with Gasteiger partial charge in [0.1, 0.15) is 5.01 Å². The molecule has 2 heterocycles. The van der Waals surface area contributed by atoms with Crippen molar-refractivity contribution in [1.29, 1.82) is 0 Å². The van der Waals surface area contributed by atoms with Gasteiger partial charge in [-0.2, -0.15) is 0 Å². The van der Waals surface area contributed by atoms with Gasteiger partial charge in [-0.05, 0) is 25.5 Å². The van der Waals surface area contributed by atoms with E-state index < -0.39 is 0 Å². The van der Waals surface area contributed by atoms with Crippen molar-refractivity contribution in [3.05, 3.63) is 35.3 Å². The molecular formula is C16H19N3O2S. The number of amides is 2. The minimum absolute atomic E-state index is 0.181. The molecule has 0 aliphatic carbocycles. The molecule has 116 valence electrons. The zero-order chi connectivity index (χ0) is 15.4. The van der Waals surface area contributed by atoms with Gasteiger partial charge in [-0.25, -0.2) is 9.78 Å². The summed E-state index contributed by atoms with van der Waals surface area (Å²) < 4.78 is 5.30. The maximum absolute atomic E-state index is 11.9. The van der Waals surface area contributed by atoms with Crippen molar-refractivity contribution in [2.75, 3.05) is 25.1 Å². The molecule has 0 spiro atoms. The summed E-state index contributed by atoms with van der Waals surface area (Å²) >= 11 is 1.60. The van der Waals surface area contributed by atoms with Crippen molar-refractivity contribution in [3.8, 4) is 10.6 Å². The molecule has 1 aromatic carbocycles. The Balaban J connectivity index is 1.58. The first-order valence-electron chi connectivity index (χ1n) is 7.36. The van der Waals surface area contributed by atoms with Gasteiger partial charge < -0.3 is 15.4 Å². The highest BCUT2D eigenvalue weighted by molar-refractivity contribution is 7.13. The fourth-order valence-electron chi connectivity index (χ4n) is 2.37. The van der Waals surface area contributed by atoms with Gasteiger partial charge in [-0.3, -0.25) is 0 Å². The first-order valence-corrected chi connectivity index (χ1v) is 8.24. The van der Waals surface area contributed by atoms with Gasteiger partial charge in [0.15, 0.2) is 0 Å². The van der Waals surface area contributed by atoms with Crippen LogP contribution in [0, 0.1) is 12.8 Å². The third kappa shape index (κ3) is 3.84.